The molecule has 6 nitrogen and oxygen atoms in total. The molecule has 1 saturated carbocycles. The predicted octanol–water partition coefficient (Wildman–Crippen LogP) is 5.19. The number of nitrogens with zero attached hydrogens (tertiary/aromatic N) is 2. The SMILES string of the molecule is CS(=O)(=O)c1ccc(-c2cc(COCCOCc3ccccc3)nn2C2CCCCC2)cc1. The molecule has 3 aromatic rings. The minimum Gasteiger partial charge on any atom is -0.374 e. The molecule has 0 aliphatic heterocycles. The Labute approximate surface area is 196 Å². The maximum atomic E-state index is 11.8. The number of benzene rings is 2. The van der Waals surface area contributed by atoms with Crippen molar-refractivity contribution in [2.75, 3.05) is 19.5 Å². The van der Waals surface area contributed by atoms with Crippen molar-refractivity contribution in [3.05, 3.63) is 71.9 Å². The van der Waals surface area contributed by atoms with Gasteiger partial charge in [0.2, 0.25) is 0 Å². The second-order valence-electron chi connectivity index (χ2n) is 8.64. The van der Waals surface area contributed by atoms with Crippen LogP contribution in [0.3, 0.4) is 0 Å². The average Bonchev–Trinajstić information content (AvgIpc) is 3.26. The molecule has 2 aromatic carbocycles. The van der Waals surface area contributed by atoms with E-state index in [9.17, 15) is 8.42 Å². The summed E-state index contributed by atoms with van der Waals surface area (Å²) in [6, 6.07) is 19.6. The number of aromatic nitrogens is 2. The first-order valence-electron chi connectivity index (χ1n) is 11.6. The fourth-order valence-corrected chi connectivity index (χ4v) is 4.90. The number of sulfone groups is 1. The molecule has 33 heavy (non-hydrogen) atoms. The van der Waals surface area contributed by atoms with Crippen molar-refractivity contribution in [1.29, 1.82) is 0 Å². The third-order valence-corrected chi connectivity index (χ3v) is 7.15. The molecule has 0 spiro atoms. The van der Waals surface area contributed by atoms with Gasteiger partial charge >= 0.3 is 0 Å². The molecule has 0 N–H and O–H groups in total. The Bertz CT molecular complexity index is 1120. The summed E-state index contributed by atoms with van der Waals surface area (Å²) >= 11 is 0. The van der Waals surface area contributed by atoms with Crippen LogP contribution in [0, 0.1) is 0 Å². The molecule has 0 radical (unpaired) electrons. The van der Waals surface area contributed by atoms with Gasteiger partial charge in [0.05, 0.1) is 48.8 Å². The maximum Gasteiger partial charge on any atom is 0.175 e. The zero-order valence-electron chi connectivity index (χ0n) is 19.2. The molecule has 1 aromatic heterocycles. The summed E-state index contributed by atoms with van der Waals surface area (Å²) in [6.07, 6.45) is 7.15. The number of hydrogen-bond acceptors (Lipinski definition) is 5. The molecule has 7 heteroatoms. The Hall–Kier alpha value is -2.48. The fourth-order valence-electron chi connectivity index (χ4n) is 4.27. The summed E-state index contributed by atoms with van der Waals surface area (Å²) in [5.41, 5.74) is 4.01. The van der Waals surface area contributed by atoms with E-state index in [2.05, 4.69) is 10.7 Å². The van der Waals surface area contributed by atoms with Crippen LogP contribution in [0.25, 0.3) is 11.3 Å². The highest BCUT2D eigenvalue weighted by Crippen LogP contribution is 2.33. The van der Waals surface area contributed by atoms with E-state index in [0.29, 0.717) is 37.4 Å². The van der Waals surface area contributed by atoms with Gasteiger partial charge < -0.3 is 9.47 Å². The first kappa shape index (κ1) is 23.7. The minimum absolute atomic E-state index is 0.328. The van der Waals surface area contributed by atoms with Crippen LogP contribution in [0.2, 0.25) is 0 Å². The smallest absolute Gasteiger partial charge is 0.175 e. The summed E-state index contributed by atoms with van der Waals surface area (Å²) in [5.74, 6) is 0. The number of hydrogen-bond donors (Lipinski definition) is 0. The average molecular weight is 469 g/mol. The van der Waals surface area contributed by atoms with E-state index in [1.165, 1.54) is 25.5 Å². The van der Waals surface area contributed by atoms with Crippen molar-refractivity contribution in [3.63, 3.8) is 0 Å². The lowest BCUT2D eigenvalue weighted by Gasteiger charge is -2.24. The van der Waals surface area contributed by atoms with Gasteiger partial charge in [-0.2, -0.15) is 5.10 Å². The van der Waals surface area contributed by atoms with Crippen molar-refractivity contribution in [2.45, 2.75) is 56.3 Å². The van der Waals surface area contributed by atoms with Gasteiger partial charge in [-0.15, -0.1) is 0 Å². The normalized spacial score (nSPS) is 15.1. The van der Waals surface area contributed by atoms with Gasteiger partial charge in [-0.05, 0) is 42.2 Å². The summed E-state index contributed by atoms with van der Waals surface area (Å²) in [4.78, 5) is 0.328. The van der Waals surface area contributed by atoms with Crippen molar-refractivity contribution in [1.82, 2.24) is 9.78 Å². The van der Waals surface area contributed by atoms with Crippen molar-refractivity contribution >= 4 is 9.84 Å². The van der Waals surface area contributed by atoms with E-state index in [1.807, 2.05) is 42.5 Å². The summed E-state index contributed by atoms with van der Waals surface area (Å²) in [7, 11) is -3.22. The van der Waals surface area contributed by atoms with Crippen LogP contribution in [-0.4, -0.2) is 37.7 Å². The zero-order chi connectivity index (χ0) is 23.1. The molecule has 4 rings (SSSR count). The highest BCUT2D eigenvalue weighted by molar-refractivity contribution is 7.90. The quantitative estimate of drug-likeness (QED) is 0.383. The number of ether oxygens (including phenoxy) is 2. The van der Waals surface area contributed by atoms with Crippen molar-refractivity contribution in [3.8, 4) is 11.3 Å². The Morgan fingerprint density at radius 3 is 2.24 bits per heavy atom. The minimum atomic E-state index is -3.22. The molecule has 0 saturated heterocycles. The van der Waals surface area contributed by atoms with E-state index in [4.69, 9.17) is 14.6 Å². The Balaban J connectivity index is 1.40. The van der Waals surface area contributed by atoms with Gasteiger partial charge in [-0.3, -0.25) is 4.68 Å². The van der Waals surface area contributed by atoms with Crippen molar-refractivity contribution in [2.24, 2.45) is 0 Å². The van der Waals surface area contributed by atoms with Gasteiger partial charge in [0.15, 0.2) is 9.84 Å². The van der Waals surface area contributed by atoms with E-state index < -0.39 is 9.84 Å². The lowest BCUT2D eigenvalue weighted by molar-refractivity contribution is 0.0326. The van der Waals surface area contributed by atoms with Crippen LogP contribution < -0.4 is 0 Å². The molecule has 1 aliphatic carbocycles. The Kier molecular flexibility index (Phi) is 7.96. The second kappa shape index (κ2) is 11.1. The van der Waals surface area contributed by atoms with Gasteiger partial charge in [0, 0.05) is 6.26 Å². The molecule has 0 bridgehead atoms. The molecule has 176 valence electrons. The lowest BCUT2D eigenvalue weighted by Crippen LogP contribution is -2.15. The highest BCUT2D eigenvalue weighted by atomic mass is 32.2. The second-order valence-corrected chi connectivity index (χ2v) is 10.7. The van der Waals surface area contributed by atoms with E-state index in [1.54, 1.807) is 12.1 Å². The monoisotopic (exact) mass is 468 g/mol. The predicted molar refractivity (Wildman–Crippen MR) is 129 cm³/mol. The Morgan fingerprint density at radius 2 is 1.58 bits per heavy atom. The fraction of sp³-hybridized carbons (Fsp3) is 0.423. The molecule has 0 amide bonds. The Morgan fingerprint density at radius 1 is 0.909 bits per heavy atom. The lowest BCUT2D eigenvalue weighted by atomic mass is 9.95. The van der Waals surface area contributed by atoms with Gasteiger partial charge in [-0.25, -0.2) is 8.42 Å². The molecular weight excluding hydrogens is 436 g/mol. The van der Waals surface area contributed by atoms with Crippen molar-refractivity contribution < 1.29 is 17.9 Å². The molecule has 1 heterocycles. The highest BCUT2D eigenvalue weighted by Gasteiger charge is 2.21. The molecule has 1 fully saturated rings. The molecule has 0 unspecified atom stereocenters. The van der Waals surface area contributed by atoms with Crippen LogP contribution in [0.4, 0.5) is 0 Å². The first-order valence-corrected chi connectivity index (χ1v) is 13.5. The third-order valence-electron chi connectivity index (χ3n) is 6.02. The topological polar surface area (TPSA) is 70.4 Å². The van der Waals surface area contributed by atoms with Crippen LogP contribution in [0.1, 0.15) is 49.4 Å². The standard InChI is InChI=1S/C26H32N2O4S/c1-33(29,30)25-14-12-22(13-15-25)26-18-23(27-28(26)24-10-6-3-7-11-24)20-32-17-16-31-19-21-8-4-2-5-9-21/h2,4-5,8-9,12-15,18,24H,3,6-7,10-11,16-17,19-20H2,1H3. The summed E-state index contributed by atoms with van der Waals surface area (Å²) < 4.78 is 37.3. The molecular formula is C26H32N2O4S. The summed E-state index contributed by atoms with van der Waals surface area (Å²) in [6.45, 7) is 2.02. The van der Waals surface area contributed by atoms with Gasteiger partial charge in [0.1, 0.15) is 0 Å². The zero-order valence-corrected chi connectivity index (χ0v) is 20.0. The van der Waals surface area contributed by atoms with Crippen LogP contribution in [0.5, 0.6) is 0 Å². The maximum absolute atomic E-state index is 11.8. The van der Waals surface area contributed by atoms with Gasteiger partial charge in [-0.1, -0.05) is 61.7 Å². The van der Waals surface area contributed by atoms with E-state index in [-0.39, 0.29) is 0 Å². The van der Waals surface area contributed by atoms with E-state index in [0.717, 1.165) is 35.4 Å². The summed E-state index contributed by atoms with van der Waals surface area (Å²) in [5, 5.41) is 4.88. The first-order chi connectivity index (χ1) is 16.0. The number of rotatable bonds is 10. The van der Waals surface area contributed by atoms with E-state index >= 15 is 0 Å². The van der Waals surface area contributed by atoms with Crippen LogP contribution >= 0.6 is 0 Å². The largest absolute Gasteiger partial charge is 0.374 e. The molecule has 0 atom stereocenters. The molecule has 1 aliphatic rings. The third kappa shape index (κ3) is 6.53. The van der Waals surface area contributed by atoms with Crippen LogP contribution in [-0.2, 0) is 32.5 Å². The van der Waals surface area contributed by atoms with Gasteiger partial charge in [0.25, 0.3) is 0 Å². The van der Waals surface area contributed by atoms with Crippen LogP contribution in [0.15, 0.2) is 65.6 Å².